The lowest BCUT2D eigenvalue weighted by Crippen LogP contribution is -2.43. The minimum Gasteiger partial charge on any atom is -0.350 e. The van der Waals surface area contributed by atoms with Crippen molar-refractivity contribution in [1.82, 2.24) is 20.4 Å². The first-order chi connectivity index (χ1) is 12.6. The molecule has 0 saturated carbocycles. The number of nitrogens with one attached hydrogen (secondary N) is 2. The standard InChI is InChI=1S/C21H28N4O.ClH/c1-15-6-3-4-8-17(15)25-18-9-5-7-16(18)19(24-25)20(26)23-14-21(2)10-12-22-13-11-21;/h3-4,6,8,22H,5,7,9-14H2,1-2H3,(H,23,26);1H. The van der Waals surface area contributed by atoms with Gasteiger partial charge >= 0.3 is 0 Å². The molecule has 2 aliphatic rings. The molecule has 1 amide bonds. The Bertz CT molecular complexity index is 824. The Balaban J connectivity index is 0.00000210. The van der Waals surface area contributed by atoms with Gasteiger partial charge in [-0.3, -0.25) is 4.79 Å². The molecule has 6 heteroatoms. The smallest absolute Gasteiger partial charge is 0.272 e. The van der Waals surface area contributed by atoms with Gasteiger partial charge in [0.2, 0.25) is 0 Å². The Hall–Kier alpha value is -1.85. The van der Waals surface area contributed by atoms with Gasteiger partial charge < -0.3 is 10.6 Å². The van der Waals surface area contributed by atoms with Gasteiger partial charge in [0.05, 0.1) is 5.69 Å². The number of nitrogens with zero attached hydrogens (tertiary/aromatic N) is 2. The van der Waals surface area contributed by atoms with Crippen LogP contribution in [0.3, 0.4) is 0 Å². The van der Waals surface area contributed by atoms with Crippen LogP contribution >= 0.6 is 12.4 Å². The van der Waals surface area contributed by atoms with Gasteiger partial charge in [-0.1, -0.05) is 25.1 Å². The number of carbonyl (C=O) groups is 1. The summed E-state index contributed by atoms with van der Waals surface area (Å²) in [7, 11) is 0. The predicted octanol–water partition coefficient (Wildman–Crippen LogP) is 3.21. The largest absolute Gasteiger partial charge is 0.350 e. The molecule has 1 fully saturated rings. The zero-order chi connectivity index (χ0) is 18.1. The molecule has 2 aromatic rings. The van der Waals surface area contributed by atoms with Gasteiger partial charge in [-0.15, -0.1) is 12.4 Å². The molecule has 0 radical (unpaired) electrons. The van der Waals surface area contributed by atoms with Crippen molar-refractivity contribution in [3.8, 4) is 5.69 Å². The number of carbonyl (C=O) groups excluding carboxylic acids is 1. The van der Waals surface area contributed by atoms with E-state index in [9.17, 15) is 4.79 Å². The molecular formula is C21H29ClN4O. The van der Waals surface area contributed by atoms with Gasteiger partial charge in [0.15, 0.2) is 5.69 Å². The molecule has 2 heterocycles. The Morgan fingerprint density at radius 2 is 2.00 bits per heavy atom. The van der Waals surface area contributed by atoms with E-state index < -0.39 is 0 Å². The average Bonchev–Trinajstić information content (AvgIpc) is 3.24. The van der Waals surface area contributed by atoms with Gasteiger partial charge in [-0.05, 0) is 69.2 Å². The van der Waals surface area contributed by atoms with Crippen LogP contribution in [0.25, 0.3) is 5.69 Å². The normalized spacial score (nSPS) is 17.9. The zero-order valence-electron chi connectivity index (χ0n) is 16.2. The van der Waals surface area contributed by atoms with Crippen LogP contribution in [0.15, 0.2) is 24.3 Å². The summed E-state index contributed by atoms with van der Waals surface area (Å²) in [5, 5.41) is 11.3. The molecule has 1 aliphatic carbocycles. The lowest BCUT2D eigenvalue weighted by atomic mass is 9.81. The van der Waals surface area contributed by atoms with Crippen LogP contribution in [0.1, 0.15) is 53.5 Å². The summed E-state index contributed by atoms with van der Waals surface area (Å²) in [6.45, 7) is 7.15. The summed E-state index contributed by atoms with van der Waals surface area (Å²) in [6, 6.07) is 8.24. The first-order valence-corrected chi connectivity index (χ1v) is 9.73. The number of halogens is 1. The molecule has 1 aromatic carbocycles. The van der Waals surface area contributed by atoms with Crippen molar-refractivity contribution in [2.75, 3.05) is 19.6 Å². The average molecular weight is 389 g/mol. The van der Waals surface area contributed by atoms with E-state index in [2.05, 4.69) is 36.6 Å². The second-order valence-electron chi connectivity index (χ2n) is 8.07. The number of aryl methyl sites for hydroxylation is 1. The number of para-hydroxylation sites is 1. The lowest BCUT2D eigenvalue weighted by molar-refractivity contribution is 0.0916. The third-order valence-corrected chi connectivity index (χ3v) is 5.98. The van der Waals surface area contributed by atoms with Gasteiger partial charge in [-0.25, -0.2) is 4.68 Å². The van der Waals surface area contributed by atoms with E-state index in [1.165, 1.54) is 11.3 Å². The van der Waals surface area contributed by atoms with E-state index in [0.29, 0.717) is 5.69 Å². The topological polar surface area (TPSA) is 59.0 Å². The highest BCUT2D eigenvalue weighted by Gasteiger charge is 2.30. The number of rotatable bonds is 4. The molecule has 1 aliphatic heterocycles. The maximum Gasteiger partial charge on any atom is 0.272 e. The van der Waals surface area contributed by atoms with Crippen LogP contribution in [0, 0.1) is 12.3 Å². The van der Waals surface area contributed by atoms with E-state index in [4.69, 9.17) is 5.10 Å². The Morgan fingerprint density at radius 3 is 2.74 bits per heavy atom. The second-order valence-corrected chi connectivity index (χ2v) is 8.07. The molecule has 0 bridgehead atoms. The minimum absolute atomic E-state index is 0. The Labute approximate surface area is 167 Å². The zero-order valence-corrected chi connectivity index (χ0v) is 17.0. The first kappa shape index (κ1) is 19.9. The van der Waals surface area contributed by atoms with Crippen LogP contribution in [0.5, 0.6) is 0 Å². The van der Waals surface area contributed by atoms with Crippen LogP contribution < -0.4 is 10.6 Å². The highest BCUT2D eigenvalue weighted by atomic mass is 35.5. The summed E-state index contributed by atoms with van der Waals surface area (Å²) in [4.78, 5) is 12.9. The third-order valence-electron chi connectivity index (χ3n) is 5.98. The van der Waals surface area contributed by atoms with Crippen LogP contribution in [0.2, 0.25) is 0 Å². The van der Waals surface area contributed by atoms with E-state index in [1.807, 2.05) is 16.8 Å². The fourth-order valence-corrected chi connectivity index (χ4v) is 4.20. The fraction of sp³-hybridized carbons (Fsp3) is 0.524. The number of amides is 1. The van der Waals surface area contributed by atoms with Gasteiger partial charge in [0.25, 0.3) is 5.91 Å². The van der Waals surface area contributed by atoms with E-state index in [0.717, 1.165) is 63.0 Å². The van der Waals surface area contributed by atoms with Gasteiger partial charge in [-0.2, -0.15) is 5.10 Å². The van der Waals surface area contributed by atoms with Crippen molar-refractivity contribution in [1.29, 1.82) is 0 Å². The van der Waals surface area contributed by atoms with Crippen molar-refractivity contribution in [2.24, 2.45) is 5.41 Å². The molecule has 27 heavy (non-hydrogen) atoms. The van der Waals surface area contributed by atoms with Gasteiger partial charge in [0.1, 0.15) is 0 Å². The molecule has 1 saturated heterocycles. The molecular weight excluding hydrogens is 360 g/mol. The summed E-state index contributed by atoms with van der Waals surface area (Å²) < 4.78 is 2.00. The summed E-state index contributed by atoms with van der Waals surface area (Å²) in [5.41, 5.74) is 5.41. The molecule has 0 unspecified atom stereocenters. The lowest BCUT2D eigenvalue weighted by Gasteiger charge is -2.34. The maximum atomic E-state index is 12.9. The minimum atomic E-state index is -0.0183. The van der Waals surface area contributed by atoms with Crippen molar-refractivity contribution < 1.29 is 4.79 Å². The molecule has 0 spiro atoms. The first-order valence-electron chi connectivity index (χ1n) is 9.73. The van der Waals surface area contributed by atoms with Gasteiger partial charge in [0, 0.05) is 17.8 Å². The molecule has 0 atom stereocenters. The molecule has 2 N–H and O–H groups in total. The van der Waals surface area contributed by atoms with Crippen LogP contribution in [0.4, 0.5) is 0 Å². The monoisotopic (exact) mass is 388 g/mol. The predicted molar refractivity (Wildman–Crippen MR) is 110 cm³/mol. The van der Waals surface area contributed by atoms with E-state index >= 15 is 0 Å². The number of piperidine rings is 1. The summed E-state index contributed by atoms with van der Waals surface area (Å²) in [5.74, 6) is -0.0183. The van der Waals surface area contributed by atoms with Crippen molar-refractivity contribution >= 4 is 18.3 Å². The molecule has 1 aromatic heterocycles. The van der Waals surface area contributed by atoms with Crippen molar-refractivity contribution in [2.45, 2.75) is 46.0 Å². The van der Waals surface area contributed by atoms with E-state index in [-0.39, 0.29) is 23.7 Å². The molecule has 146 valence electrons. The number of aromatic nitrogens is 2. The Kier molecular flexibility index (Phi) is 5.92. The molecule has 5 nitrogen and oxygen atoms in total. The number of hydrogen-bond donors (Lipinski definition) is 2. The summed E-state index contributed by atoms with van der Waals surface area (Å²) >= 11 is 0. The van der Waals surface area contributed by atoms with Crippen molar-refractivity contribution in [3.05, 3.63) is 46.8 Å². The maximum absolute atomic E-state index is 12.9. The highest BCUT2D eigenvalue weighted by molar-refractivity contribution is 5.94. The summed E-state index contributed by atoms with van der Waals surface area (Å²) in [6.07, 6.45) is 5.24. The third kappa shape index (κ3) is 3.90. The van der Waals surface area contributed by atoms with Crippen molar-refractivity contribution in [3.63, 3.8) is 0 Å². The number of benzene rings is 1. The van der Waals surface area contributed by atoms with Crippen LogP contribution in [-0.4, -0.2) is 35.3 Å². The number of fused-ring (bicyclic) bond motifs is 1. The number of hydrogen-bond acceptors (Lipinski definition) is 3. The second kappa shape index (κ2) is 8.03. The highest BCUT2D eigenvalue weighted by Crippen LogP contribution is 2.30. The Morgan fingerprint density at radius 1 is 1.26 bits per heavy atom. The molecule has 4 rings (SSSR count). The van der Waals surface area contributed by atoms with E-state index in [1.54, 1.807) is 0 Å². The fourth-order valence-electron chi connectivity index (χ4n) is 4.20. The quantitative estimate of drug-likeness (QED) is 0.845. The SMILES string of the molecule is Cc1ccccc1-n1nc(C(=O)NCC2(C)CCNCC2)c2c1CCC2.Cl. The van der Waals surface area contributed by atoms with Crippen LogP contribution in [-0.2, 0) is 12.8 Å².